The SMILES string of the molecule is N#[N+]C=C(O)[C@](O)(c1ccccc1)[C@@H](Cl)c1ccccc1. The highest BCUT2D eigenvalue weighted by molar-refractivity contribution is 6.21. The molecule has 2 atom stereocenters. The number of halogens is 1. The Kier molecular flexibility index (Phi) is 4.59. The predicted molar refractivity (Wildman–Crippen MR) is 81.2 cm³/mol. The summed E-state index contributed by atoms with van der Waals surface area (Å²) in [7, 11) is 0. The Hall–Kier alpha value is -2.35. The molecular formula is C16H14ClN2O2+. The molecule has 0 saturated heterocycles. The molecule has 4 nitrogen and oxygen atoms in total. The molecular weight excluding hydrogens is 288 g/mol. The first-order valence-corrected chi connectivity index (χ1v) is 6.75. The highest BCUT2D eigenvalue weighted by atomic mass is 35.5. The summed E-state index contributed by atoms with van der Waals surface area (Å²) in [6, 6.07) is 17.4. The van der Waals surface area contributed by atoms with E-state index in [1.165, 1.54) is 0 Å². The standard InChI is InChI=1S/C16H13ClN2O2/c17-15(12-7-3-1-4-8-12)16(21,14(20)11-19-18)13-9-5-2-6-10-13/h1-11,15,21H/p+1/t15-,16+/m0/s1. The van der Waals surface area contributed by atoms with E-state index in [9.17, 15) is 10.2 Å². The van der Waals surface area contributed by atoms with Gasteiger partial charge in [0, 0.05) is 0 Å². The van der Waals surface area contributed by atoms with Gasteiger partial charge in [-0.3, -0.25) is 0 Å². The Balaban J connectivity index is 2.57. The minimum absolute atomic E-state index is 0.395. The van der Waals surface area contributed by atoms with Crippen LogP contribution < -0.4 is 0 Å². The van der Waals surface area contributed by atoms with Crippen LogP contribution in [-0.4, -0.2) is 10.2 Å². The number of hydrogen-bond donors (Lipinski definition) is 2. The van der Waals surface area contributed by atoms with E-state index in [2.05, 4.69) is 4.98 Å². The van der Waals surface area contributed by atoms with Crippen LogP contribution in [0.4, 0.5) is 0 Å². The van der Waals surface area contributed by atoms with Crippen LogP contribution in [0.3, 0.4) is 0 Å². The predicted octanol–water partition coefficient (Wildman–Crippen LogP) is 4.11. The lowest BCUT2D eigenvalue weighted by Crippen LogP contribution is -2.33. The topological polar surface area (TPSA) is 68.6 Å². The van der Waals surface area contributed by atoms with E-state index in [1.807, 2.05) is 6.07 Å². The first-order chi connectivity index (χ1) is 10.1. The molecule has 2 N–H and O–H groups in total. The van der Waals surface area contributed by atoms with Crippen molar-refractivity contribution in [1.82, 2.24) is 0 Å². The van der Waals surface area contributed by atoms with Crippen molar-refractivity contribution in [2.75, 3.05) is 0 Å². The third-order valence-corrected chi connectivity index (χ3v) is 3.81. The van der Waals surface area contributed by atoms with Crippen LogP contribution in [0.25, 0.3) is 4.98 Å². The minimum atomic E-state index is -1.91. The lowest BCUT2D eigenvalue weighted by molar-refractivity contribution is 0.0271. The van der Waals surface area contributed by atoms with Crippen LogP contribution in [0.5, 0.6) is 0 Å². The highest BCUT2D eigenvalue weighted by Gasteiger charge is 2.44. The molecule has 0 unspecified atom stereocenters. The minimum Gasteiger partial charge on any atom is -0.503 e. The van der Waals surface area contributed by atoms with Crippen LogP contribution in [0, 0.1) is 5.39 Å². The first-order valence-electron chi connectivity index (χ1n) is 6.31. The van der Waals surface area contributed by atoms with E-state index in [-0.39, 0.29) is 0 Å². The molecule has 2 aromatic carbocycles. The summed E-state index contributed by atoms with van der Waals surface area (Å²) >= 11 is 6.40. The van der Waals surface area contributed by atoms with Gasteiger partial charge in [0.05, 0.1) is 5.38 Å². The highest BCUT2D eigenvalue weighted by Crippen LogP contribution is 2.44. The van der Waals surface area contributed by atoms with Crippen molar-refractivity contribution in [1.29, 1.82) is 5.39 Å². The monoisotopic (exact) mass is 301 g/mol. The number of nitrogens with zero attached hydrogens (tertiary/aromatic N) is 2. The molecule has 2 aromatic rings. The second-order valence-electron chi connectivity index (χ2n) is 4.54. The second-order valence-corrected chi connectivity index (χ2v) is 4.97. The van der Waals surface area contributed by atoms with Crippen LogP contribution in [-0.2, 0) is 5.60 Å². The quantitative estimate of drug-likeness (QED) is 0.507. The van der Waals surface area contributed by atoms with Gasteiger partial charge < -0.3 is 10.2 Å². The van der Waals surface area contributed by atoms with Crippen LogP contribution >= 0.6 is 11.6 Å². The lowest BCUT2D eigenvalue weighted by Gasteiger charge is -2.31. The maximum absolute atomic E-state index is 11.0. The molecule has 0 aliphatic carbocycles. The number of benzene rings is 2. The molecule has 0 aliphatic heterocycles. The fourth-order valence-corrected chi connectivity index (χ4v) is 2.52. The molecule has 0 bridgehead atoms. The van der Waals surface area contributed by atoms with E-state index in [1.54, 1.807) is 54.6 Å². The van der Waals surface area contributed by atoms with Crippen molar-refractivity contribution in [3.63, 3.8) is 0 Å². The van der Waals surface area contributed by atoms with E-state index >= 15 is 0 Å². The van der Waals surface area contributed by atoms with Crippen molar-refractivity contribution >= 4 is 11.6 Å². The van der Waals surface area contributed by atoms with Gasteiger partial charge in [-0.15, -0.1) is 11.6 Å². The molecule has 5 heteroatoms. The lowest BCUT2D eigenvalue weighted by atomic mass is 9.85. The Morgan fingerprint density at radius 2 is 1.62 bits per heavy atom. The van der Waals surface area contributed by atoms with E-state index in [0.29, 0.717) is 11.1 Å². The third-order valence-electron chi connectivity index (χ3n) is 3.24. The number of alkyl halides is 1. The number of hydrogen-bond acceptors (Lipinski definition) is 3. The molecule has 0 aliphatic rings. The average Bonchev–Trinajstić information content (AvgIpc) is 2.55. The Labute approximate surface area is 127 Å². The van der Waals surface area contributed by atoms with Crippen LogP contribution in [0.2, 0.25) is 0 Å². The smallest absolute Gasteiger partial charge is 0.390 e. The Morgan fingerprint density at radius 1 is 1.10 bits per heavy atom. The first kappa shape index (κ1) is 15.0. The summed E-state index contributed by atoms with van der Waals surface area (Å²) < 4.78 is 0. The number of aliphatic hydroxyl groups is 2. The third kappa shape index (κ3) is 2.89. The summed E-state index contributed by atoms with van der Waals surface area (Å²) in [5.41, 5.74) is -0.884. The molecule has 0 amide bonds. The van der Waals surface area contributed by atoms with E-state index in [0.717, 1.165) is 6.20 Å². The summed E-state index contributed by atoms with van der Waals surface area (Å²) in [5.74, 6) is -0.542. The zero-order chi connectivity index (χ0) is 15.3. The number of aliphatic hydroxyl groups excluding tert-OH is 1. The van der Waals surface area contributed by atoms with E-state index in [4.69, 9.17) is 17.0 Å². The molecule has 21 heavy (non-hydrogen) atoms. The molecule has 0 radical (unpaired) electrons. The van der Waals surface area contributed by atoms with Gasteiger partial charge in [0.2, 0.25) is 11.2 Å². The van der Waals surface area contributed by atoms with Crippen molar-refractivity contribution < 1.29 is 10.2 Å². The Morgan fingerprint density at radius 3 is 2.14 bits per heavy atom. The molecule has 0 saturated carbocycles. The van der Waals surface area contributed by atoms with E-state index < -0.39 is 16.7 Å². The zero-order valence-corrected chi connectivity index (χ0v) is 11.9. The largest absolute Gasteiger partial charge is 0.503 e. The molecule has 2 rings (SSSR count). The fourth-order valence-electron chi connectivity index (χ4n) is 2.13. The molecule has 0 heterocycles. The molecule has 0 aromatic heterocycles. The summed E-state index contributed by atoms with van der Waals surface area (Å²) in [4.78, 5) is 2.77. The maximum Gasteiger partial charge on any atom is 0.390 e. The summed E-state index contributed by atoms with van der Waals surface area (Å²) in [6.45, 7) is 0. The molecule has 0 spiro atoms. The average molecular weight is 302 g/mol. The molecule has 0 fully saturated rings. The van der Waals surface area contributed by atoms with Gasteiger partial charge in [-0.25, -0.2) is 0 Å². The number of diazo groups is 1. The van der Waals surface area contributed by atoms with Crippen LogP contribution in [0.1, 0.15) is 16.5 Å². The fraction of sp³-hybridized carbons (Fsp3) is 0.125. The second kappa shape index (κ2) is 6.40. The van der Waals surface area contributed by atoms with Crippen molar-refractivity contribution in [3.8, 4) is 0 Å². The van der Waals surface area contributed by atoms with Gasteiger partial charge in [-0.05, 0) is 11.1 Å². The Bertz CT molecular complexity index is 668. The summed E-state index contributed by atoms with van der Waals surface area (Å²) in [6.07, 6.45) is 0.769. The van der Waals surface area contributed by atoms with Gasteiger partial charge in [0.15, 0.2) is 10.6 Å². The molecule has 106 valence electrons. The normalized spacial score (nSPS) is 15.8. The van der Waals surface area contributed by atoms with Crippen molar-refractivity contribution in [2.45, 2.75) is 11.0 Å². The van der Waals surface area contributed by atoms with Gasteiger partial charge in [-0.1, -0.05) is 60.7 Å². The zero-order valence-electron chi connectivity index (χ0n) is 11.1. The van der Waals surface area contributed by atoms with Gasteiger partial charge >= 0.3 is 6.20 Å². The van der Waals surface area contributed by atoms with Crippen molar-refractivity contribution in [2.24, 2.45) is 0 Å². The van der Waals surface area contributed by atoms with Gasteiger partial charge in [0.1, 0.15) is 0 Å². The number of rotatable bonds is 4. The van der Waals surface area contributed by atoms with Gasteiger partial charge in [-0.2, -0.15) is 0 Å². The maximum atomic E-state index is 11.0. The van der Waals surface area contributed by atoms with Crippen LogP contribution in [0.15, 0.2) is 72.6 Å². The summed E-state index contributed by atoms with van der Waals surface area (Å²) in [5, 5.41) is 28.8. The van der Waals surface area contributed by atoms with Gasteiger partial charge in [0.25, 0.3) is 0 Å². The van der Waals surface area contributed by atoms with Crippen molar-refractivity contribution in [3.05, 3.63) is 88.7 Å².